The first-order chi connectivity index (χ1) is 28.5. The number of aromatic nitrogens is 5. The minimum absolute atomic E-state index is 0. The van der Waals surface area contributed by atoms with Gasteiger partial charge < -0.3 is 14.0 Å². The number of fused-ring (bicyclic) bond motifs is 9. The van der Waals surface area contributed by atoms with E-state index in [0.29, 0.717) is 0 Å². The smallest absolute Gasteiger partial charge is 0.141 e. The number of hydrogen-bond acceptors (Lipinski definition) is 7. The molecule has 6 nitrogen and oxygen atoms in total. The number of benzene rings is 6. The first kappa shape index (κ1) is 38.7. The Morgan fingerprint density at radius 1 is 0.644 bits per heavy atom. The molecule has 0 atom stereocenters. The predicted molar refractivity (Wildman–Crippen MR) is 241 cm³/mol. The number of hydrogen-bond donors (Lipinski definition) is 0. The van der Waals surface area contributed by atoms with E-state index in [1.165, 1.54) is 27.9 Å². The zero-order chi connectivity index (χ0) is 39.3. The molecule has 5 heterocycles. The summed E-state index contributed by atoms with van der Waals surface area (Å²) < 4.78 is 11.3. The molecule has 0 saturated heterocycles. The Balaban J connectivity index is 0.000000297. The van der Waals surface area contributed by atoms with Gasteiger partial charge >= 0.3 is 0 Å². The van der Waals surface area contributed by atoms with Gasteiger partial charge in [0.15, 0.2) is 0 Å². The van der Waals surface area contributed by atoms with Gasteiger partial charge in [-0.1, -0.05) is 93.2 Å². The summed E-state index contributed by atoms with van der Waals surface area (Å²) in [5.41, 5.74) is 18.3. The van der Waals surface area contributed by atoms with Gasteiger partial charge in [0.1, 0.15) is 16.6 Å². The van der Waals surface area contributed by atoms with E-state index in [0.717, 1.165) is 76.1 Å². The SMILES string of the molecule is CC(C)c1cc(-c2ccccc2)cc(C(C)C)c1-n1c(-c2[c-]ccc3c2oc2c4scnc4c4ncsc4c32)nc2ccccc21.[Ir].[c-]1ccccc1-c1ccccn1. The molecule has 6 aromatic carbocycles. The zero-order valence-corrected chi connectivity index (χ0v) is 36.8. The molecule has 0 aliphatic heterocycles. The van der Waals surface area contributed by atoms with Crippen LogP contribution in [-0.4, -0.2) is 24.5 Å². The zero-order valence-electron chi connectivity index (χ0n) is 32.7. The van der Waals surface area contributed by atoms with E-state index in [2.05, 4.69) is 127 Å². The number of pyridine rings is 1. The molecular formula is C50H37IrN5OS2-2. The summed E-state index contributed by atoms with van der Waals surface area (Å²) in [7, 11) is 0. The van der Waals surface area contributed by atoms with Gasteiger partial charge in [0, 0.05) is 37.4 Å². The van der Waals surface area contributed by atoms with E-state index in [9.17, 15) is 0 Å². The van der Waals surface area contributed by atoms with Gasteiger partial charge in [0.2, 0.25) is 0 Å². The molecule has 291 valence electrons. The van der Waals surface area contributed by atoms with E-state index in [4.69, 9.17) is 14.4 Å². The van der Waals surface area contributed by atoms with Crippen molar-refractivity contribution >= 4 is 76.1 Å². The largest absolute Gasteiger partial charge is 0.499 e. The summed E-state index contributed by atoms with van der Waals surface area (Å²) in [5, 5.41) is 2.12. The van der Waals surface area contributed by atoms with E-state index in [1.807, 2.05) is 59.6 Å². The van der Waals surface area contributed by atoms with E-state index in [1.54, 1.807) is 28.9 Å². The standard InChI is InChI=1S/C39H29N4OS2.C11H8N.Ir/c1-21(2)27-17-24(23-11-6-5-7-12-23)18-28(22(3)4)34(27)43-30-16-9-8-15-29(30)42-39(43)26-14-10-13-25-31-36(44-35(25)26)38-33(41-20-46-38)32-37(31)45-19-40-32;1-2-6-10(7-3-1)11-8-4-5-9-12-11;/h5-13,15-22H,1-4H3;1-6,8-9H;/q2*-1;. The van der Waals surface area contributed by atoms with E-state index < -0.39 is 0 Å². The third-order valence-corrected chi connectivity index (χ3v) is 12.3. The maximum atomic E-state index is 6.87. The molecular weight excluding hydrogens is 943 g/mol. The second-order valence-electron chi connectivity index (χ2n) is 14.9. The van der Waals surface area contributed by atoms with Crippen molar-refractivity contribution < 1.29 is 24.5 Å². The molecule has 0 unspecified atom stereocenters. The van der Waals surface area contributed by atoms with Crippen LogP contribution in [0.15, 0.2) is 143 Å². The third kappa shape index (κ3) is 6.78. The molecule has 11 rings (SSSR count). The third-order valence-electron chi connectivity index (χ3n) is 10.6. The Labute approximate surface area is 363 Å². The van der Waals surface area contributed by atoms with Crippen LogP contribution in [0.2, 0.25) is 0 Å². The number of thiazole rings is 2. The maximum absolute atomic E-state index is 6.87. The Kier molecular flexibility index (Phi) is 10.5. The van der Waals surface area contributed by atoms with Gasteiger partial charge in [-0.05, 0) is 70.1 Å². The van der Waals surface area contributed by atoms with Crippen LogP contribution in [0.25, 0.3) is 92.9 Å². The Bertz CT molecular complexity index is 3170. The van der Waals surface area contributed by atoms with Gasteiger partial charge in [-0.15, -0.1) is 76.8 Å². The van der Waals surface area contributed by atoms with Crippen molar-refractivity contribution in [1.29, 1.82) is 0 Å². The average Bonchev–Trinajstić information content (AvgIpc) is 4.09. The van der Waals surface area contributed by atoms with E-state index in [-0.39, 0.29) is 31.9 Å². The Hall–Kier alpha value is -5.83. The van der Waals surface area contributed by atoms with Crippen LogP contribution in [0.5, 0.6) is 0 Å². The number of para-hydroxylation sites is 2. The summed E-state index contributed by atoms with van der Waals surface area (Å²) in [6, 6.07) is 48.3. The van der Waals surface area contributed by atoms with Crippen LogP contribution < -0.4 is 0 Å². The van der Waals surface area contributed by atoms with Crippen molar-refractivity contribution in [3.63, 3.8) is 0 Å². The number of furan rings is 1. The molecule has 0 amide bonds. The van der Waals surface area contributed by atoms with Gasteiger partial charge in [-0.2, -0.15) is 0 Å². The predicted octanol–water partition coefficient (Wildman–Crippen LogP) is 14.1. The summed E-state index contributed by atoms with van der Waals surface area (Å²) in [6.45, 7) is 9.12. The summed E-state index contributed by atoms with van der Waals surface area (Å²) in [5.74, 6) is 1.37. The quantitative estimate of drug-likeness (QED) is 0.155. The fourth-order valence-electron chi connectivity index (χ4n) is 7.89. The van der Waals surface area contributed by atoms with Crippen LogP contribution in [-0.2, 0) is 20.1 Å². The van der Waals surface area contributed by atoms with Gasteiger partial charge in [0.05, 0.1) is 42.9 Å². The minimum Gasteiger partial charge on any atom is -0.499 e. The van der Waals surface area contributed by atoms with Crippen LogP contribution >= 0.6 is 22.7 Å². The molecule has 9 heteroatoms. The van der Waals surface area contributed by atoms with Crippen LogP contribution in [0.1, 0.15) is 50.7 Å². The second kappa shape index (κ2) is 16.1. The number of rotatable bonds is 6. The summed E-state index contributed by atoms with van der Waals surface area (Å²) in [6.07, 6.45) is 1.79. The monoisotopic (exact) mass is 980 g/mol. The fourth-order valence-corrected chi connectivity index (χ4v) is 9.51. The van der Waals surface area contributed by atoms with Crippen molar-refractivity contribution in [3.8, 4) is 39.5 Å². The molecule has 0 saturated carbocycles. The molecule has 0 aliphatic rings. The maximum Gasteiger partial charge on any atom is 0.141 e. The molecule has 1 radical (unpaired) electrons. The van der Waals surface area contributed by atoms with Crippen molar-refractivity contribution in [1.82, 2.24) is 24.5 Å². The second-order valence-corrected chi connectivity index (χ2v) is 16.6. The van der Waals surface area contributed by atoms with Crippen molar-refractivity contribution in [2.45, 2.75) is 39.5 Å². The molecule has 0 N–H and O–H groups in total. The van der Waals surface area contributed by atoms with E-state index >= 15 is 0 Å². The van der Waals surface area contributed by atoms with Crippen molar-refractivity contribution in [2.75, 3.05) is 0 Å². The number of nitrogens with zero attached hydrogens (tertiary/aromatic N) is 5. The Morgan fingerprint density at radius 3 is 2.05 bits per heavy atom. The molecule has 0 bridgehead atoms. The molecule has 5 aromatic heterocycles. The topological polar surface area (TPSA) is 69.6 Å². The minimum atomic E-state index is 0. The summed E-state index contributed by atoms with van der Waals surface area (Å²) >= 11 is 3.23. The number of imidazole rings is 1. The first-order valence-electron chi connectivity index (χ1n) is 19.4. The first-order valence-corrected chi connectivity index (χ1v) is 21.2. The van der Waals surface area contributed by atoms with Gasteiger partial charge in [0.25, 0.3) is 0 Å². The van der Waals surface area contributed by atoms with Crippen molar-refractivity contribution in [3.05, 3.63) is 162 Å². The molecule has 59 heavy (non-hydrogen) atoms. The van der Waals surface area contributed by atoms with Crippen LogP contribution in [0.4, 0.5) is 0 Å². The van der Waals surface area contributed by atoms with Crippen LogP contribution in [0, 0.1) is 12.1 Å². The average molecular weight is 980 g/mol. The summed E-state index contributed by atoms with van der Waals surface area (Å²) in [4.78, 5) is 18.9. The Morgan fingerprint density at radius 2 is 1.34 bits per heavy atom. The van der Waals surface area contributed by atoms with Gasteiger partial charge in [-0.25, -0.2) is 9.97 Å². The van der Waals surface area contributed by atoms with Gasteiger partial charge in [-0.3, -0.25) is 4.98 Å². The molecule has 11 aromatic rings. The van der Waals surface area contributed by atoms with Crippen molar-refractivity contribution in [2.24, 2.45) is 0 Å². The molecule has 0 fully saturated rings. The fraction of sp³-hybridized carbons (Fsp3) is 0.120. The van der Waals surface area contributed by atoms with Crippen LogP contribution in [0.3, 0.4) is 0 Å². The normalized spacial score (nSPS) is 11.6. The molecule has 0 aliphatic carbocycles. The molecule has 0 spiro atoms.